The van der Waals surface area contributed by atoms with Gasteiger partial charge in [-0.1, -0.05) is 6.07 Å². The molecule has 8 heteroatoms. The zero-order chi connectivity index (χ0) is 18.8. The summed E-state index contributed by atoms with van der Waals surface area (Å²) in [6, 6.07) is 6.93. The van der Waals surface area contributed by atoms with Crippen LogP contribution in [0, 0.1) is 6.92 Å². The summed E-state index contributed by atoms with van der Waals surface area (Å²) >= 11 is 0. The van der Waals surface area contributed by atoms with E-state index in [2.05, 4.69) is 10.3 Å². The van der Waals surface area contributed by atoms with Crippen LogP contribution in [0.1, 0.15) is 21.5 Å². The van der Waals surface area contributed by atoms with Crippen LogP contribution in [0.25, 0.3) is 0 Å². The van der Waals surface area contributed by atoms with Crippen LogP contribution in [0.5, 0.6) is 0 Å². The summed E-state index contributed by atoms with van der Waals surface area (Å²) in [6.45, 7) is 6.97. The molecule has 1 aromatic carbocycles. The Kier molecular flexibility index (Phi) is 5.22. The molecule has 1 heterocycles. The van der Waals surface area contributed by atoms with Gasteiger partial charge in [-0.25, -0.2) is 9.78 Å². The van der Waals surface area contributed by atoms with Gasteiger partial charge >= 0.3 is 12.1 Å². The molecule has 1 N–H and O–H groups in total. The lowest BCUT2D eigenvalue weighted by Crippen LogP contribution is -2.29. The molecule has 134 valence electrons. The van der Waals surface area contributed by atoms with Crippen molar-refractivity contribution in [3.63, 3.8) is 0 Å². The van der Waals surface area contributed by atoms with Gasteiger partial charge in [-0.3, -0.25) is 0 Å². The van der Waals surface area contributed by atoms with E-state index in [1.54, 1.807) is 6.07 Å². The van der Waals surface area contributed by atoms with E-state index in [1.165, 1.54) is 31.3 Å². The summed E-state index contributed by atoms with van der Waals surface area (Å²) in [5.41, 5.74) is -0.290. The number of hydrogen-bond donors (Lipinski definition) is 1. The van der Waals surface area contributed by atoms with Gasteiger partial charge in [0.1, 0.15) is 11.4 Å². The van der Waals surface area contributed by atoms with Crippen LogP contribution in [0.3, 0.4) is 0 Å². The summed E-state index contributed by atoms with van der Waals surface area (Å²) in [7, 11) is -2.12. The molecular formula is C17H19F3N2O2Si. The summed E-state index contributed by atoms with van der Waals surface area (Å²) in [4.78, 5) is 16.4. The Hall–Kier alpha value is -2.35. The van der Waals surface area contributed by atoms with Gasteiger partial charge in [-0.05, 0) is 56.4 Å². The van der Waals surface area contributed by atoms with Crippen LogP contribution in [-0.4, -0.2) is 19.3 Å². The topological polar surface area (TPSA) is 51.2 Å². The van der Waals surface area contributed by atoms with Crippen LogP contribution >= 0.6 is 0 Å². The predicted molar refractivity (Wildman–Crippen MR) is 92.5 cm³/mol. The van der Waals surface area contributed by atoms with Crippen LogP contribution in [0.2, 0.25) is 19.6 Å². The molecule has 0 fully saturated rings. The van der Waals surface area contributed by atoms with E-state index in [0.29, 0.717) is 0 Å². The third-order valence-electron chi connectivity index (χ3n) is 3.32. The average molecular weight is 368 g/mol. The van der Waals surface area contributed by atoms with E-state index in [9.17, 15) is 18.0 Å². The van der Waals surface area contributed by atoms with Gasteiger partial charge in [0, 0.05) is 11.9 Å². The van der Waals surface area contributed by atoms with Crippen molar-refractivity contribution in [2.45, 2.75) is 32.7 Å². The second-order valence-electron chi connectivity index (χ2n) is 6.50. The van der Waals surface area contributed by atoms with Crippen LogP contribution in [0.15, 0.2) is 36.5 Å². The molecule has 0 spiro atoms. The van der Waals surface area contributed by atoms with Crippen LogP contribution in [-0.2, 0) is 10.6 Å². The molecular weight excluding hydrogens is 349 g/mol. The minimum Gasteiger partial charge on any atom is -0.516 e. The number of pyridine rings is 1. The predicted octanol–water partition coefficient (Wildman–Crippen LogP) is 5.14. The van der Waals surface area contributed by atoms with E-state index in [4.69, 9.17) is 4.43 Å². The number of nitrogens with one attached hydrogen (secondary N) is 1. The Labute approximate surface area is 145 Å². The number of carbonyl (C=O) groups is 1. The lowest BCUT2D eigenvalue weighted by molar-refractivity contribution is -0.138. The largest absolute Gasteiger partial charge is 0.516 e. The maximum atomic E-state index is 13.0. The zero-order valence-electron chi connectivity index (χ0n) is 14.4. The quantitative estimate of drug-likeness (QED) is 0.759. The summed E-state index contributed by atoms with van der Waals surface area (Å²) < 4.78 is 44.6. The molecule has 0 atom stereocenters. The van der Waals surface area contributed by atoms with E-state index >= 15 is 0 Å². The smallest absolute Gasteiger partial charge is 0.416 e. The fourth-order valence-electron chi connectivity index (χ4n) is 2.21. The molecule has 0 amide bonds. The highest BCUT2D eigenvalue weighted by atomic mass is 28.4. The molecule has 1 aromatic heterocycles. The fourth-order valence-corrected chi connectivity index (χ4v) is 2.87. The minimum atomic E-state index is -4.45. The molecule has 0 aliphatic heterocycles. The number of hydrogen-bond acceptors (Lipinski definition) is 4. The monoisotopic (exact) mass is 368 g/mol. The third kappa shape index (κ3) is 4.82. The third-order valence-corrected chi connectivity index (χ3v) is 4.12. The Morgan fingerprint density at radius 2 is 1.84 bits per heavy atom. The van der Waals surface area contributed by atoms with Gasteiger partial charge in [0.05, 0.1) is 5.56 Å². The Morgan fingerprint density at radius 3 is 2.44 bits per heavy atom. The number of anilines is 2. The molecule has 4 nitrogen and oxygen atoms in total. The number of nitrogens with zero attached hydrogens (tertiary/aromatic N) is 1. The molecule has 25 heavy (non-hydrogen) atoms. The van der Waals surface area contributed by atoms with E-state index in [-0.39, 0.29) is 22.6 Å². The molecule has 0 bridgehead atoms. The highest BCUT2D eigenvalue weighted by Gasteiger charge is 2.33. The van der Waals surface area contributed by atoms with E-state index in [1.807, 2.05) is 19.6 Å². The fraction of sp³-hybridized carbons (Fsp3) is 0.294. The standard InChI is InChI=1S/C17H19F3N2O2Si/c1-11-13(17(18,19)20)8-5-9-14(11)22-15-12(7-6-10-21-15)16(23)24-25(2,3)4/h5-10H,1-4H3,(H,21,22). The van der Waals surface area contributed by atoms with Crippen LogP contribution < -0.4 is 5.32 Å². The van der Waals surface area contributed by atoms with E-state index < -0.39 is 26.0 Å². The van der Waals surface area contributed by atoms with Gasteiger partial charge in [0.2, 0.25) is 8.32 Å². The normalized spacial score (nSPS) is 12.0. The number of rotatable bonds is 4. The molecule has 0 radical (unpaired) electrons. The number of aromatic nitrogens is 1. The molecule has 0 aliphatic rings. The maximum Gasteiger partial charge on any atom is 0.416 e. The summed E-state index contributed by atoms with van der Waals surface area (Å²) in [5.74, 6) is -0.382. The van der Waals surface area contributed by atoms with Gasteiger partial charge in [-0.2, -0.15) is 13.2 Å². The Morgan fingerprint density at radius 1 is 1.16 bits per heavy atom. The number of alkyl halides is 3. The maximum absolute atomic E-state index is 13.0. The number of halogens is 3. The lowest BCUT2D eigenvalue weighted by atomic mass is 10.1. The first-order valence-corrected chi connectivity index (χ1v) is 11.0. The SMILES string of the molecule is Cc1c(Nc2ncccc2C(=O)O[Si](C)(C)C)cccc1C(F)(F)F. The first-order chi connectivity index (χ1) is 11.5. The van der Waals surface area contributed by atoms with Gasteiger partial charge in [0.15, 0.2) is 0 Å². The van der Waals surface area contributed by atoms with Crippen molar-refractivity contribution in [2.24, 2.45) is 0 Å². The van der Waals surface area contributed by atoms with Gasteiger partial charge in [-0.15, -0.1) is 0 Å². The lowest BCUT2D eigenvalue weighted by Gasteiger charge is -2.19. The number of carbonyl (C=O) groups excluding carboxylic acids is 1. The highest BCUT2D eigenvalue weighted by Crippen LogP contribution is 2.35. The molecule has 0 saturated carbocycles. The second kappa shape index (κ2) is 6.87. The zero-order valence-corrected chi connectivity index (χ0v) is 15.4. The number of benzene rings is 1. The van der Waals surface area contributed by atoms with E-state index in [0.717, 1.165) is 6.07 Å². The first-order valence-electron chi connectivity index (χ1n) is 7.61. The van der Waals surface area contributed by atoms with Gasteiger partial charge in [0.25, 0.3) is 0 Å². The van der Waals surface area contributed by atoms with Crippen molar-refractivity contribution in [1.29, 1.82) is 0 Å². The first kappa shape index (κ1) is 19.0. The Balaban J connectivity index is 2.38. The molecule has 0 unspecified atom stereocenters. The molecule has 0 aliphatic carbocycles. The average Bonchev–Trinajstić information content (AvgIpc) is 2.47. The molecule has 2 rings (SSSR count). The second-order valence-corrected chi connectivity index (χ2v) is 10.9. The Bertz CT molecular complexity index is 786. The van der Waals surface area contributed by atoms with Crippen molar-refractivity contribution < 1.29 is 22.4 Å². The molecule has 0 saturated heterocycles. The summed E-state index contributed by atoms with van der Waals surface area (Å²) in [5, 5.41) is 2.82. The van der Waals surface area contributed by atoms with Crippen molar-refractivity contribution in [3.8, 4) is 0 Å². The highest BCUT2D eigenvalue weighted by molar-refractivity contribution is 6.71. The van der Waals surface area contributed by atoms with Gasteiger partial charge < -0.3 is 9.74 Å². The van der Waals surface area contributed by atoms with Crippen molar-refractivity contribution in [2.75, 3.05) is 5.32 Å². The molecule has 2 aromatic rings. The van der Waals surface area contributed by atoms with Crippen LogP contribution in [0.4, 0.5) is 24.7 Å². The van der Waals surface area contributed by atoms with Crippen molar-refractivity contribution >= 4 is 25.8 Å². The summed E-state index contributed by atoms with van der Waals surface area (Å²) in [6.07, 6.45) is -3.00. The van der Waals surface area contributed by atoms with Crippen molar-refractivity contribution in [3.05, 3.63) is 53.2 Å². The minimum absolute atomic E-state index is 0.0326. The van der Waals surface area contributed by atoms with Crippen molar-refractivity contribution in [1.82, 2.24) is 4.98 Å².